The Hall–Kier alpha value is -0.610. The van der Waals surface area contributed by atoms with Crippen molar-refractivity contribution in [3.05, 3.63) is 0 Å². The van der Waals surface area contributed by atoms with Gasteiger partial charge in [0, 0.05) is 6.04 Å². The molecule has 0 aromatic rings. The highest BCUT2D eigenvalue weighted by molar-refractivity contribution is 5.81. The molecule has 0 radical (unpaired) electrons. The normalized spacial score (nSPS) is 27.8. The van der Waals surface area contributed by atoms with Gasteiger partial charge in [-0.3, -0.25) is 15.1 Å². The van der Waals surface area contributed by atoms with Crippen LogP contribution < -0.4 is 11.3 Å². The maximum Gasteiger partial charge on any atom is 0.251 e. The second kappa shape index (κ2) is 6.21. The maximum absolute atomic E-state index is 11.7. The molecule has 0 heterocycles. The van der Waals surface area contributed by atoms with Gasteiger partial charge in [0.1, 0.15) is 0 Å². The maximum atomic E-state index is 11.7. The van der Waals surface area contributed by atoms with Crippen LogP contribution in [0.1, 0.15) is 46.0 Å². The molecule has 3 atom stereocenters. The van der Waals surface area contributed by atoms with Crippen molar-refractivity contribution in [3.63, 3.8) is 0 Å². The lowest BCUT2D eigenvalue weighted by Gasteiger charge is -2.39. The van der Waals surface area contributed by atoms with Gasteiger partial charge in [-0.1, -0.05) is 26.7 Å². The molecule has 0 spiro atoms. The Morgan fingerprint density at radius 1 is 1.50 bits per heavy atom. The molecule has 4 nitrogen and oxygen atoms in total. The number of carbonyl (C=O) groups excluding carboxylic acids is 1. The highest BCUT2D eigenvalue weighted by Gasteiger charge is 2.31. The van der Waals surface area contributed by atoms with Crippen molar-refractivity contribution in [3.8, 4) is 0 Å². The lowest BCUT2D eigenvalue weighted by Crippen LogP contribution is -2.52. The van der Waals surface area contributed by atoms with Crippen LogP contribution in [0.2, 0.25) is 0 Å². The van der Waals surface area contributed by atoms with E-state index in [0.717, 1.165) is 6.42 Å². The number of nitrogens with two attached hydrogens (primary N) is 1. The second-order valence-electron chi connectivity index (χ2n) is 4.93. The number of hydrazine groups is 1. The summed E-state index contributed by atoms with van der Waals surface area (Å²) in [6, 6.07) is 0.437. The van der Waals surface area contributed by atoms with Crippen LogP contribution in [-0.2, 0) is 4.79 Å². The van der Waals surface area contributed by atoms with Gasteiger partial charge in [0.25, 0.3) is 5.91 Å². The molecule has 3 N–H and O–H groups in total. The number of amides is 1. The van der Waals surface area contributed by atoms with Crippen LogP contribution >= 0.6 is 0 Å². The molecule has 1 rings (SSSR count). The van der Waals surface area contributed by atoms with Gasteiger partial charge in [-0.2, -0.15) is 0 Å². The molecular weight excluding hydrogens is 202 g/mol. The summed E-state index contributed by atoms with van der Waals surface area (Å²) < 4.78 is 0. The zero-order chi connectivity index (χ0) is 12.1. The van der Waals surface area contributed by atoms with Gasteiger partial charge >= 0.3 is 0 Å². The summed E-state index contributed by atoms with van der Waals surface area (Å²) in [5, 5.41) is 0. The molecule has 4 heteroatoms. The van der Waals surface area contributed by atoms with Crippen molar-refractivity contribution >= 4 is 5.91 Å². The average molecular weight is 227 g/mol. The number of nitrogens with zero attached hydrogens (tertiary/aromatic N) is 1. The average Bonchev–Trinajstić information content (AvgIpc) is 2.30. The number of rotatable bonds is 4. The fourth-order valence-corrected chi connectivity index (χ4v) is 2.89. The molecule has 0 aromatic heterocycles. The molecule has 1 aliphatic carbocycles. The third-order valence-electron chi connectivity index (χ3n) is 3.91. The fraction of sp³-hybridized carbons (Fsp3) is 0.917. The van der Waals surface area contributed by atoms with Crippen LogP contribution in [0, 0.1) is 5.92 Å². The first-order chi connectivity index (χ1) is 7.61. The van der Waals surface area contributed by atoms with E-state index in [1.54, 1.807) is 0 Å². The Bertz CT molecular complexity index is 232. The van der Waals surface area contributed by atoms with Crippen LogP contribution in [0.4, 0.5) is 0 Å². The largest absolute Gasteiger partial charge is 0.293 e. The van der Waals surface area contributed by atoms with Gasteiger partial charge in [-0.25, -0.2) is 5.84 Å². The van der Waals surface area contributed by atoms with Crippen molar-refractivity contribution in [2.45, 2.75) is 58.0 Å². The molecule has 0 bridgehead atoms. The Balaban J connectivity index is 2.65. The third kappa shape index (κ3) is 2.95. The molecule has 16 heavy (non-hydrogen) atoms. The standard InChI is InChI=1S/C12H25N3O/c1-4-10(12(16)14-13)15(3)11-8-6-5-7-9(11)2/h9-11H,4-8,13H2,1-3H3,(H,14,16). The van der Waals surface area contributed by atoms with Gasteiger partial charge in [0.2, 0.25) is 0 Å². The first-order valence-corrected chi connectivity index (χ1v) is 6.34. The summed E-state index contributed by atoms with van der Waals surface area (Å²) in [5.74, 6) is 5.84. The zero-order valence-electron chi connectivity index (χ0n) is 10.7. The summed E-state index contributed by atoms with van der Waals surface area (Å²) in [5.41, 5.74) is 2.27. The number of nitrogens with one attached hydrogen (secondary N) is 1. The Kier molecular flexibility index (Phi) is 5.22. The molecule has 0 saturated heterocycles. The number of hydrogen-bond donors (Lipinski definition) is 2. The third-order valence-corrected chi connectivity index (χ3v) is 3.91. The summed E-state index contributed by atoms with van der Waals surface area (Å²) in [6.45, 7) is 4.32. The molecule has 0 aromatic carbocycles. The summed E-state index contributed by atoms with van der Waals surface area (Å²) >= 11 is 0. The quantitative estimate of drug-likeness (QED) is 0.432. The number of hydrogen-bond acceptors (Lipinski definition) is 3. The Morgan fingerprint density at radius 3 is 2.62 bits per heavy atom. The fourth-order valence-electron chi connectivity index (χ4n) is 2.89. The first kappa shape index (κ1) is 13.5. The topological polar surface area (TPSA) is 58.4 Å². The second-order valence-corrected chi connectivity index (χ2v) is 4.93. The van der Waals surface area contributed by atoms with E-state index in [1.165, 1.54) is 25.7 Å². The Labute approximate surface area is 98.5 Å². The highest BCUT2D eigenvalue weighted by Crippen LogP contribution is 2.28. The molecule has 3 unspecified atom stereocenters. The van der Waals surface area contributed by atoms with Crippen molar-refractivity contribution < 1.29 is 4.79 Å². The molecule has 94 valence electrons. The van der Waals surface area contributed by atoms with E-state index in [0.29, 0.717) is 12.0 Å². The number of likely N-dealkylation sites (N-methyl/N-ethyl adjacent to an activating group) is 1. The minimum Gasteiger partial charge on any atom is -0.293 e. The summed E-state index contributed by atoms with van der Waals surface area (Å²) in [7, 11) is 2.05. The lowest BCUT2D eigenvalue weighted by molar-refractivity contribution is -0.127. The zero-order valence-corrected chi connectivity index (χ0v) is 10.7. The van der Waals surface area contributed by atoms with E-state index in [2.05, 4.69) is 24.3 Å². The molecule has 1 amide bonds. The first-order valence-electron chi connectivity index (χ1n) is 6.34. The van der Waals surface area contributed by atoms with Crippen LogP contribution in [0.25, 0.3) is 0 Å². The van der Waals surface area contributed by atoms with E-state index < -0.39 is 0 Å². The van der Waals surface area contributed by atoms with E-state index in [4.69, 9.17) is 5.84 Å². The van der Waals surface area contributed by atoms with Crippen molar-refractivity contribution in [2.75, 3.05) is 7.05 Å². The van der Waals surface area contributed by atoms with E-state index in [-0.39, 0.29) is 11.9 Å². The van der Waals surface area contributed by atoms with Gasteiger partial charge in [0.05, 0.1) is 6.04 Å². The van der Waals surface area contributed by atoms with Crippen molar-refractivity contribution in [1.82, 2.24) is 10.3 Å². The molecule has 1 saturated carbocycles. The number of carbonyl (C=O) groups is 1. The molecule has 1 fully saturated rings. The molecule has 0 aliphatic heterocycles. The highest BCUT2D eigenvalue weighted by atomic mass is 16.2. The smallest absolute Gasteiger partial charge is 0.251 e. The van der Waals surface area contributed by atoms with Gasteiger partial charge < -0.3 is 0 Å². The van der Waals surface area contributed by atoms with Gasteiger partial charge in [-0.05, 0) is 32.2 Å². The monoisotopic (exact) mass is 227 g/mol. The van der Waals surface area contributed by atoms with Crippen LogP contribution in [0.5, 0.6) is 0 Å². The molecular formula is C12H25N3O. The lowest BCUT2D eigenvalue weighted by atomic mass is 9.84. The van der Waals surface area contributed by atoms with Gasteiger partial charge in [-0.15, -0.1) is 0 Å². The minimum absolute atomic E-state index is 0.0669. The van der Waals surface area contributed by atoms with Crippen molar-refractivity contribution in [1.29, 1.82) is 0 Å². The van der Waals surface area contributed by atoms with E-state index in [9.17, 15) is 4.79 Å². The molecule has 1 aliphatic rings. The van der Waals surface area contributed by atoms with E-state index in [1.807, 2.05) is 6.92 Å². The predicted molar refractivity (Wildman–Crippen MR) is 65.6 cm³/mol. The van der Waals surface area contributed by atoms with Crippen molar-refractivity contribution in [2.24, 2.45) is 11.8 Å². The van der Waals surface area contributed by atoms with Gasteiger partial charge in [0.15, 0.2) is 0 Å². The summed E-state index contributed by atoms with van der Waals surface area (Å²) in [6.07, 6.45) is 5.88. The predicted octanol–water partition coefficient (Wildman–Crippen LogP) is 1.27. The summed E-state index contributed by atoms with van der Waals surface area (Å²) in [4.78, 5) is 13.9. The van der Waals surface area contributed by atoms with Crippen LogP contribution in [0.15, 0.2) is 0 Å². The van der Waals surface area contributed by atoms with Crippen LogP contribution in [0.3, 0.4) is 0 Å². The Morgan fingerprint density at radius 2 is 2.12 bits per heavy atom. The van der Waals surface area contributed by atoms with Crippen LogP contribution in [-0.4, -0.2) is 29.9 Å². The van der Waals surface area contributed by atoms with E-state index >= 15 is 0 Å². The minimum atomic E-state index is -0.0875. The SMILES string of the molecule is CCC(C(=O)NN)N(C)C1CCCCC1C.